The van der Waals surface area contributed by atoms with E-state index < -0.39 is 23.4 Å². The molecule has 0 amide bonds. The van der Waals surface area contributed by atoms with Crippen molar-refractivity contribution in [1.82, 2.24) is 14.6 Å². The number of benzene rings is 2. The second-order valence-electron chi connectivity index (χ2n) is 8.58. The summed E-state index contributed by atoms with van der Waals surface area (Å²) in [5.41, 5.74) is 1.91. The largest absolute Gasteiger partial charge is 0.416 e. The van der Waals surface area contributed by atoms with E-state index in [0.717, 1.165) is 17.7 Å². The zero-order valence-corrected chi connectivity index (χ0v) is 19.1. The van der Waals surface area contributed by atoms with Crippen LogP contribution >= 0.6 is 11.6 Å². The highest BCUT2D eigenvalue weighted by Crippen LogP contribution is 2.43. The molecule has 0 aliphatic carbocycles. The van der Waals surface area contributed by atoms with Gasteiger partial charge in [0.25, 0.3) is 0 Å². The third-order valence-corrected chi connectivity index (χ3v) is 6.39. The molecule has 2 aromatic heterocycles. The van der Waals surface area contributed by atoms with Crippen LogP contribution in [0.3, 0.4) is 0 Å². The first-order valence-electron chi connectivity index (χ1n) is 10.7. The molecule has 1 fully saturated rings. The van der Waals surface area contributed by atoms with E-state index in [1.54, 1.807) is 10.7 Å². The SMILES string of the molecule is CC1OC(C(C)(Cc2ccccc2)c2c(Cl)cnc3c(-c4ccc(C(F)(F)F)cc4)cnn23)O1. The molecule has 1 aliphatic heterocycles. The van der Waals surface area contributed by atoms with Gasteiger partial charge in [0.1, 0.15) is 0 Å². The first-order chi connectivity index (χ1) is 16.2. The zero-order chi connectivity index (χ0) is 24.1. The van der Waals surface area contributed by atoms with Gasteiger partial charge in [0.15, 0.2) is 18.2 Å². The smallest absolute Gasteiger partial charge is 0.323 e. The molecule has 0 radical (unpaired) electrons. The molecular formula is C25H21ClF3N3O2. The summed E-state index contributed by atoms with van der Waals surface area (Å²) in [6, 6.07) is 14.8. The molecule has 1 atom stereocenters. The van der Waals surface area contributed by atoms with Crippen molar-refractivity contribution in [2.45, 2.75) is 44.4 Å². The highest BCUT2D eigenvalue weighted by molar-refractivity contribution is 6.31. The fourth-order valence-electron chi connectivity index (χ4n) is 4.42. The number of rotatable bonds is 5. The summed E-state index contributed by atoms with van der Waals surface area (Å²) in [5, 5.41) is 4.92. The van der Waals surface area contributed by atoms with Crippen LogP contribution in [0.1, 0.15) is 30.7 Å². The van der Waals surface area contributed by atoms with Gasteiger partial charge in [-0.25, -0.2) is 9.50 Å². The summed E-state index contributed by atoms with van der Waals surface area (Å²) in [4.78, 5) is 4.45. The van der Waals surface area contributed by atoms with Crippen LogP contribution in [0.2, 0.25) is 5.02 Å². The van der Waals surface area contributed by atoms with E-state index in [4.69, 9.17) is 21.1 Å². The van der Waals surface area contributed by atoms with E-state index in [1.165, 1.54) is 18.3 Å². The van der Waals surface area contributed by atoms with E-state index in [9.17, 15) is 13.2 Å². The molecule has 34 heavy (non-hydrogen) atoms. The van der Waals surface area contributed by atoms with Gasteiger partial charge >= 0.3 is 6.18 Å². The van der Waals surface area contributed by atoms with E-state index in [-0.39, 0.29) is 6.29 Å². The molecule has 2 aromatic carbocycles. The molecule has 4 aromatic rings. The van der Waals surface area contributed by atoms with Gasteiger partial charge in [-0.15, -0.1) is 0 Å². The lowest BCUT2D eigenvalue weighted by Crippen LogP contribution is -2.54. The Balaban J connectivity index is 1.62. The summed E-state index contributed by atoms with van der Waals surface area (Å²) in [6.07, 6.45) is -1.64. The summed E-state index contributed by atoms with van der Waals surface area (Å²) < 4.78 is 52.5. The van der Waals surface area contributed by atoms with Crippen molar-refractivity contribution in [3.05, 3.63) is 88.8 Å². The number of nitrogens with zero attached hydrogens (tertiary/aromatic N) is 3. The van der Waals surface area contributed by atoms with Crippen molar-refractivity contribution in [2.75, 3.05) is 0 Å². The summed E-state index contributed by atoms with van der Waals surface area (Å²) >= 11 is 6.68. The molecule has 0 spiro atoms. The minimum absolute atomic E-state index is 0.337. The molecule has 9 heteroatoms. The van der Waals surface area contributed by atoms with Gasteiger partial charge in [-0.1, -0.05) is 54.1 Å². The van der Waals surface area contributed by atoms with E-state index in [0.29, 0.717) is 33.9 Å². The zero-order valence-electron chi connectivity index (χ0n) is 18.4. The van der Waals surface area contributed by atoms with E-state index >= 15 is 0 Å². The maximum atomic E-state index is 13.0. The van der Waals surface area contributed by atoms with Crippen LogP contribution in [0.15, 0.2) is 67.0 Å². The number of hydrogen-bond donors (Lipinski definition) is 0. The lowest BCUT2D eigenvalue weighted by molar-refractivity contribution is -0.396. The Morgan fingerprint density at radius 3 is 2.29 bits per heavy atom. The first kappa shape index (κ1) is 22.8. The van der Waals surface area contributed by atoms with Gasteiger partial charge < -0.3 is 9.47 Å². The molecule has 0 saturated carbocycles. The van der Waals surface area contributed by atoms with Crippen molar-refractivity contribution in [1.29, 1.82) is 0 Å². The van der Waals surface area contributed by atoms with Crippen LogP contribution in [0.25, 0.3) is 16.8 Å². The predicted molar refractivity (Wildman–Crippen MR) is 121 cm³/mol. The van der Waals surface area contributed by atoms with Crippen molar-refractivity contribution in [2.24, 2.45) is 0 Å². The number of aromatic nitrogens is 3. The third-order valence-electron chi connectivity index (χ3n) is 6.11. The number of halogens is 4. The lowest BCUT2D eigenvalue weighted by Gasteiger charge is -2.46. The Labute approximate surface area is 199 Å². The fourth-order valence-corrected chi connectivity index (χ4v) is 4.77. The van der Waals surface area contributed by atoms with Gasteiger partial charge in [-0.2, -0.15) is 18.3 Å². The molecular weight excluding hydrogens is 467 g/mol. The molecule has 0 bridgehead atoms. The van der Waals surface area contributed by atoms with Gasteiger partial charge in [-0.3, -0.25) is 0 Å². The number of fused-ring (bicyclic) bond motifs is 1. The second kappa shape index (κ2) is 8.37. The standard InChI is InChI=1S/C25H21ClF3N3O2/c1-15-33-23(34-15)24(2,12-16-6-4-3-5-7-16)21-20(26)14-30-22-19(13-31-32(21)22)17-8-10-18(11-9-17)25(27,28)29/h3-11,13-15,23H,12H2,1-2H3. The number of alkyl halides is 3. The average Bonchev–Trinajstić information content (AvgIpc) is 3.20. The topological polar surface area (TPSA) is 48.7 Å². The Hall–Kier alpha value is -2.94. The highest BCUT2D eigenvalue weighted by Gasteiger charge is 2.48. The summed E-state index contributed by atoms with van der Waals surface area (Å²) in [7, 11) is 0. The number of hydrogen-bond acceptors (Lipinski definition) is 4. The third kappa shape index (κ3) is 3.96. The van der Waals surface area contributed by atoms with Gasteiger partial charge in [0.05, 0.1) is 27.9 Å². The molecule has 0 N–H and O–H groups in total. The van der Waals surface area contributed by atoms with Gasteiger partial charge in [-0.05, 0) is 43.5 Å². The summed E-state index contributed by atoms with van der Waals surface area (Å²) in [6.45, 7) is 3.82. The van der Waals surface area contributed by atoms with Gasteiger partial charge in [0.2, 0.25) is 0 Å². The predicted octanol–water partition coefficient (Wildman–Crippen LogP) is 6.29. The van der Waals surface area contributed by atoms with Crippen LogP contribution in [0.5, 0.6) is 0 Å². The molecule has 1 unspecified atom stereocenters. The van der Waals surface area contributed by atoms with E-state index in [2.05, 4.69) is 10.1 Å². The first-order valence-corrected chi connectivity index (χ1v) is 11.1. The van der Waals surface area contributed by atoms with Crippen molar-refractivity contribution in [3.8, 4) is 11.1 Å². The maximum absolute atomic E-state index is 13.0. The van der Waals surface area contributed by atoms with Crippen LogP contribution in [-0.2, 0) is 27.5 Å². The Kier molecular flexibility index (Phi) is 5.62. The van der Waals surface area contributed by atoms with Crippen molar-refractivity contribution in [3.63, 3.8) is 0 Å². The molecule has 3 heterocycles. The molecule has 1 saturated heterocycles. The quantitative estimate of drug-likeness (QED) is 0.332. The van der Waals surface area contributed by atoms with Crippen molar-refractivity contribution < 1.29 is 22.6 Å². The maximum Gasteiger partial charge on any atom is 0.416 e. The fraction of sp³-hybridized carbons (Fsp3) is 0.280. The lowest BCUT2D eigenvalue weighted by atomic mass is 9.78. The molecule has 5 rings (SSSR count). The van der Waals surface area contributed by atoms with Crippen molar-refractivity contribution >= 4 is 17.2 Å². The summed E-state index contributed by atoms with van der Waals surface area (Å²) in [5.74, 6) is 0. The minimum Gasteiger partial charge on any atom is -0.323 e. The molecule has 5 nitrogen and oxygen atoms in total. The normalized spacial score (nSPS) is 20.2. The second-order valence-corrected chi connectivity index (χ2v) is 8.98. The van der Waals surface area contributed by atoms with Gasteiger partial charge in [0, 0.05) is 11.8 Å². The Morgan fingerprint density at radius 2 is 1.68 bits per heavy atom. The molecule has 176 valence electrons. The minimum atomic E-state index is -4.41. The Morgan fingerprint density at radius 1 is 1.00 bits per heavy atom. The number of ether oxygens (including phenoxy) is 2. The monoisotopic (exact) mass is 487 g/mol. The van der Waals surface area contributed by atoms with Crippen LogP contribution in [0.4, 0.5) is 13.2 Å². The van der Waals surface area contributed by atoms with Crippen LogP contribution in [-0.4, -0.2) is 27.2 Å². The van der Waals surface area contributed by atoms with Crippen LogP contribution in [0, 0.1) is 0 Å². The average molecular weight is 488 g/mol. The Bertz CT molecular complexity index is 1320. The molecule has 1 aliphatic rings. The van der Waals surface area contributed by atoms with Crippen LogP contribution < -0.4 is 0 Å². The van der Waals surface area contributed by atoms with E-state index in [1.807, 2.05) is 44.2 Å². The highest BCUT2D eigenvalue weighted by atomic mass is 35.5.